The number of amides is 1. The van der Waals surface area contributed by atoms with Gasteiger partial charge >= 0.3 is 0 Å². The predicted octanol–water partition coefficient (Wildman–Crippen LogP) is 2.62. The second kappa shape index (κ2) is 6.50. The Hall–Kier alpha value is -1.86. The third-order valence-electron chi connectivity index (χ3n) is 3.57. The highest BCUT2D eigenvalue weighted by molar-refractivity contribution is 7.15. The van der Waals surface area contributed by atoms with E-state index >= 15 is 0 Å². The second-order valence-corrected chi connectivity index (χ2v) is 6.72. The number of nitrogens with one attached hydrogen (secondary N) is 2. The van der Waals surface area contributed by atoms with E-state index in [4.69, 9.17) is 0 Å². The molecule has 0 saturated carbocycles. The molecule has 1 saturated heterocycles. The molecule has 1 amide bonds. The zero-order valence-electron chi connectivity index (χ0n) is 12.7. The van der Waals surface area contributed by atoms with Gasteiger partial charge in [-0.3, -0.25) is 10.1 Å². The molecule has 7 heteroatoms. The Morgan fingerprint density at radius 3 is 2.91 bits per heavy atom. The fourth-order valence-corrected chi connectivity index (χ4v) is 3.17. The third-order valence-corrected chi connectivity index (χ3v) is 4.40. The number of aromatic nitrogens is 3. The number of anilines is 1. The number of piperidine rings is 1. The van der Waals surface area contributed by atoms with Crippen molar-refractivity contribution in [3.8, 4) is 0 Å². The Balaban J connectivity index is 1.80. The van der Waals surface area contributed by atoms with Crippen molar-refractivity contribution in [1.29, 1.82) is 0 Å². The average Bonchev–Trinajstić information content (AvgIpc) is 2.92. The number of rotatable bonds is 3. The van der Waals surface area contributed by atoms with E-state index in [9.17, 15) is 4.79 Å². The summed E-state index contributed by atoms with van der Waals surface area (Å²) in [6, 6.07) is 1.85. The van der Waals surface area contributed by atoms with E-state index in [1.165, 1.54) is 17.8 Å². The van der Waals surface area contributed by atoms with Gasteiger partial charge < -0.3 is 5.32 Å². The Morgan fingerprint density at radius 2 is 2.23 bits per heavy atom. The van der Waals surface area contributed by atoms with Gasteiger partial charge in [0, 0.05) is 16.8 Å². The fourth-order valence-electron chi connectivity index (χ4n) is 2.51. The summed E-state index contributed by atoms with van der Waals surface area (Å²) in [5, 5.41) is 6.80. The van der Waals surface area contributed by atoms with Crippen LogP contribution in [0.25, 0.3) is 0 Å². The first-order valence-corrected chi connectivity index (χ1v) is 8.26. The van der Waals surface area contributed by atoms with E-state index in [-0.39, 0.29) is 11.9 Å². The van der Waals surface area contributed by atoms with Crippen LogP contribution in [0.2, 0.25) is 0 Å². The lowest BCUT2D eigenvalue weighted by Crippen LogP contribution is -2.29. The number of aryl methyl sites for hydroxylation is 2. The molecule has 6 nitrogen and oxygen atoms in total. The molecule has 2 aromatic heterocycles. The van der Waals surface area contributed by atoms with E-state index in [2.05, 4.69) is 25.6 Å². The van der Waals surface area contributed by atoms with Crippen LogP contribution in [-0.2, 0) is 0 Å². The summed E-state index contributed by atoms with van der Waals surface area (Å²) in [6.07, 6.45) is 5.09. The molecule has 1 atom stereocenters. The minimum absolute atomic E-state index is 0.141. The van der Waals surface area contributed by atoms with Crippen LogP contribution in [0.3, 0.4) is 0 Å². The molecular formula is C15H19N5OS. The third kappa shape index (κ3) is 3.48. The first-order valence-electron chi connectivity index (χ1n) is 7.44. The topological polar surface area (TPSA) is 79.8 Å². The second-order valence-electron chi connectivity index (χ2n) is 5.49. The van der Waals surface area contributed by atoms with E-state index in [1.54, 1.807) is 12.3 Å². The van der Waals surface area contributed by atoms with Crippen LogP contribution in [0.4, 0.5) is 5.13 Å². The van der Waals surface area contributed by atoms with Gasteiger partial charge in [0.2, 0.25) is 0 Å². The summed E-state index contributed by atoms with van der Waals surface area (Å²) in [6.45, 7) is 4.81. The number of thiazole rings is 1. The number of nitrogens with zero attached hydrogens (tertiary/aromatic N) is 3. The molecule has 3 heterocycles. The molecule has 0 bridgehead atoms. The number of carbonyl (C=O) groups excluding carboxylic acids is 1. The lowest BCUT2D eigenvalue weighted by Gasteiger charge is -2.22. The number of carbonyl (C=O) groups is 1. The van der Waals surface area contributed by atoms with E-state index in [0.29, 0.717) is 16.6 Å². The lowest BCUT2D eigenvalue weighted by atomic mass is 10.0. The van der Waals surface area contributed by atoms with Gasteiger partial charge in [0.1, 0.15) is 11.5 Å². The van der Waals surface area contributed by atoms with Crippen LogP contribution >= 0.6 is 11.3 Å². The molecule has 0 aromatic carbocycles. The van der Waals surface area contributed by atoms with Gasteiger partial charge in [-0.05, 0) is 39.3 Å². The van der Waals surface area contributed by atoms with Crippen molar-refractivity contribution in [3.63, 3.8) is 0 Å². The largest absolute Gasteiger partial charge is 0.307 e. The highest BCUT2D eigenvalue weighted by Gasteiger charge is 2.20. The molecule has 3 rings (SSSR count). The molecule has 22 heavy (non-hydrogen) atoms. The summed E-state index contributed by atoms with van der Waals surface area (Å²) in [5.74, 6) is 0.470. The number of hydrogen-bond acceptors (Lipinski definition) is 6. The highest BCUT2D eigenvalue weighted by atomic mass is 32.1. The molecule has 0 aliphatic carbocycles. The molecule has 1 unspecified atom stereocenters. The Morgan fingerprint density at radius 1 is 1.36 bits per heavy atom. The summed E-state index contributed by atoms with van der Waals surface area (Å²) in [7, 11) is 0. The molecule has 0 radical (unpaired) electrons. The van der Waals surface area contributed by atoms with Gasteiger partial charge in [0.15, 0.2) is 5.13 Å². The van der Waals surface area contributed by atoms with Crippen molar-refractivity contribution in [2.75, 3.05) is 11.9 Å². The fraction of sp³-hybridized carbons (Fsp3) is 0.467. The molecule has 1 aliphatic rings. The SMILES string of the molecule is Cc1cc(C(=O)Nc2ncc(C)s2)nc(C2CCCCN2)n1. The van der Waals surface area contributed by atoms with Crippen LogP contribution < -0.4 is 10.6 Å². The predicted molar refractivity (Wildman–Crippen MR) is 86.2 cm³/mol. The van der Waals surface area contributed by atoms with Crippen LogP contribution in [0.1, 0.15) is 52.2 Å². The van der Waals surface area contributed by atoms with Gasteiger partial charge in [-0.1, -0.05) is 6.42 Å². The van der Waals surface area contributed by atoms with E-state index < -0.39 is 0 Å². The maximum Gasteiger partial charge on any atom is 0.276 e. The summed E-state index contributed by atoms with van der Waals surface area (Å²) < 4.78 is 0. The molecule has 116 valence electrons. The Kier molecular flexibility index (Phi) is 4.44. The van der Waals surface area contributed by atoms with Gasteiger partial charge in [0.25, 0.3) is 5.91 Å². The lowest BCUT2D eigenvalue weighted by molar-refractivity contribution is 0.102. The van der Waals surface area contributed by atoms with Crippen molar-refractivity contribution >= 4 is 22.4 Å². The van der Waals surface area contributed by atoms with E-state index in [0.717, 1.165) is 30.0 Å². The van der Waals surface area contributed by atoms with Crippen molar-refractivity contribution in [1.82, 2.24) is 20.3 Å². The van der Waals surface area contributed by atoms with Crippen molar-refractivity contribution in [2.24, 2.45) is 0 Å². The molecule has 1 fully saturated rings. The maximum atomic E-state index is 12.4. The van der Waals surface area contributed by atoms with Gasteiger partial charge in [-0.2, -0.15) is 0 Å². The zero-order chi connectivity index (χ0) is 15.5. The van der Waals surface area contributed by atoms with Gasteiger partial charge in [-0.15, -0.1) is 11.3 Å². The first kappa shape index (κ1) is 15.1. The van der Waals surface area contributed by atoms with Crippen LogP contribution in [-0.4, -0.2) is 27.4 Å². The Labute approximate surface area is 133 Å². The first-order chi connectivity index (χ1) is 10.6. The van der Waals surface area contributed by atoms with Crippen LogP contribution in [0.15, 0.2) is 12.3 Å². The normalized spacial score (nSPS) is 18.2. The van der Waals surface area contributed by atoms with Crippen molar-refractivity contribution in [3.05, 3.63) is 34.4 Å². The number of hydrogen-bond donors (Lipinski definition) is 2. The molecule has 1 aliphatic heterocycles. The minimum atomic E-state index is -0.239. The highest BCUT2D eigenvalue weighted by Crippen LogP contribution is 2.21. The van der Waals surface area contributed by atoms with E-state index in [1.807, 2.05) is 13.8 Å². The molecule has 0 spiro atoms. The monoisotopic (exact) mass is 317 g/mol. The van der Waals surface area contributed by atoms with Gasteiger partial charge in [-0.25, -0.2) is 15.0 Å². The summed E-state index contributed by atoms with van der Waals surface area (Å²) >= 11 is 1.45. The van der Waals surface area contributed by atoms with Crippen LogP contribution in [0.5, 0.6) is 0 Å². The zero-order valence-corrected chi connectivity index (χ0v) is 13.5. The van der Waals surface area contributed by atoms with Crippen molar-refractivity contribution in [2.45, 2.75) is 39.2 Å². The molecular weight excluding hydrogens is 298 g/mol. The quantitative estimate of drug-likeness (QED) is 0.909. The smallest absolute Gasteiger partial charge is 0.276 e. The average molecular weight is 317 g/mol. The van der Waals surface area contributed by atoms with Gasteiger partial charge in [0.05, 0.1) is 6.04 Å². The molecule has 2 N–H and O–H groups in total. The summed E-state index contributed by atoms with van der Waals surface area (Å²) in [4.78, 5) is 26.5. The summed E-state index contributed by atoms with van der Waals surface area (Å²) in [5.41, 5.74) is 1.19. The van der Waals surface area contributed by atoms with Crippen molar-refractivity contribution < 1.29 is 4.79 Å². The minimum Gasteiger partial charge on any atom is -0.307 e. The Bertz CT molecular complexity index is 678. The van der Waals surface area contributed by atoms with Crippen LogP contribution in [0, 0.1) is 13.8 Å². The standard InChI is InChI=1S/C15H19N5OS/c1-9-7-12(14(21)20-15-17-8-10(2)22-15)19-13(18-9)11-5-3-4-6-16-11/h7-8,11,16H,3-6H2,1-2H3,(H,17,20,21). The maximum absolute atomic E-state index is 12.4. The molecule has 2 aromatic rings.